The number of piperidine rings is 1. The molecule has 4 nitrogen and oxygen atoms in total. The number of nitrogens with one attached hydrogen (secondary N) is 1. The fourth-order valence-electron chi connectivity index (χ4n) is 3.90. The van der Waals surface area contributed by atoms with Crippen LogP contribution in [0.1, 0.15) is 37.8 Å². The van der Waals surface area contributed by atoms with E-state index in [-0.39, 0.29) is 17.6 Å². The molecule has 6 heteroatoms. The Morgan fingerprint density at radius 2 is 1.80 bits per heavy atom. The molecule has 30 heavy (non-hydrogen) atoms. The van der Waals surface area contributed by atoms with Crippen LogP contribution in [0.2, 0.25) is 5.02 Å². The van der Waals surface area contributed by atoms with Crippen LogP contribution in [0.4, 0.5) is 10.1 Å². The molecule has 1 aliphatic heterocycles. The highest BCUT2D eigenvalue weighted by atomic mass is 35.5. The van der Waals surface area contributed by atoms with Gasteiger partial charge in [-0.1, -0.05) is 43.6 Å². The lowest BCUT2D eigenvalue weighted by molar-refractivity contribution is -0.121. The maximum absolute atomic E-state index is 14.0. The van der Waals surface area contributed by atoms with Crippen molar-refractivity contribution in [2.75, 3.05) is 31.5 Å². The molecule has 1 aliphatic rings. The minimum Gasteiger partial charge on any atom is -0.326 e. The van der Waals surface area contributed by atoms with E-state index >= 15 is 0 Å². The second-order valence-corrected chi connectivity index (χ2v) is 8.31. The summed E-state index contributed by atoms with van der Waals surface area (Å²) in [6.45, 7) is 9.28. The van der Waals surface area contributed by atoms with Gasteiger partial charge in [0.25, 0.3) is 0 Å². The van der Waals surface area contributed by atoms with Crippen LogP contribution < -0.4 is 5.32 Å². The van der Waals surface area contributed by atoms with Crippen molar-refractivity contribution in [3.8, 4) is 0 Å². The fraction of sp³-hybridized carbons (Fsp3) is 0.458. The lowest BCUT2D eigenvalue weighted by Crippen LogP contribution is -2.38. The zero-order valence-electron chi connectivity index (χ0n) is 17.8. The van der Waals surface area contributed by atoms with Crippen molar-refractivity contribution in [1.82, 2.24) is 9.80 Å². The first kappa shape index (κ1) is 22.7. The Bertz CT molecular complexity index is 811. The Balaban J connectivity index is 1.48. The van der Waals surface area contributed by atoms with E-state index < -0.39 is 0 Å². The van der Waals surface area contributed by atoms with E-state index in [2.05, 4.69) is 41.1 Å². The molecule has 1 amide bonds. The van der Waals surface area contributed by atoms with Crippen molar-refractivity contribution in [3.05, 3.63) is 64.4 Å². The van der Waals surface area contributed by atoms with Crippen LogP contribution >= 0.6 is 11.6 Å². The third kappa shape index (κ3) is 6.03. The van der Waals surface area contributed by atoms with Crippen molar-refractivity contribution in [2.24, 2.45) is 5.92 Å². The summed E-state index contributed by atoms with van der Waals surface area (Å²) < 4.78 is 14.0. The normalized spacial score (nSPS) is 15.5. The molecule has 1 N–H and O–H groups in total. The molecule has 1 heterocycles. The highest BCUT2D eigenvalue weighted by molar-refractivity contribution is 6.31. The summed E-state index contributed by atoms with van der Waals surface area (Å²) in [6.07, 6.45) is 1.52. The Kier molecular flexibility index (Phi) is 8.25. The molecule has 2 aromatic rings. The molecule has 0 aromatic heterocycles. The van der Waals surface area contributed by atoms with Gasteiger partial charge < -0.3 is 5.32 Å². The highest BCUT2D eigenvalue weighted by Gasteiger charge is 2.26. The molecule has 0 bridgehead atoms. The molecule has 0 saturated carbocycles. The number of carbonyl (C=O) groups excluding carboxylic acids is 1. The third-order valence-corrected chi connectivity index (χ3v) is 6.28. The summed E-state index contributed by atoms with van der Waals surface area (Å²) in [5.74, 6) is -0.227. The molecule has 0 spiro atoms. The minimum absolute atomic E-state index is 0.0207. The Labute approximate surface area is 184 Å². The number of hydrogen-bond donors (Lipinski definition) is 1. The van der Waals surface area contributed by atoms with Crippen LogP contribution in [0.5, 0.6) is 0 Å². The van der Waals surface area contributed by atoms with E-state index in [0.29, 0.717) is 17.1 Å². The second kappa shape index (κ2) is 10.9. The van der Waals surface area contributed by atoms with E-state index in [1.54, 1.807) is 12.1 Å². The van der Waals surface area contributed by atoms with Crippen molar-refractivity contribution < 1.29 is 9.18 Å². The first-order chi connectivity index (χ1) is 14.5. The molecule has 0 unspecified atom stereocenters. The van der Waals surface area contributed by atoms with Gasteiger partial charge in [-0.25, -0.2) is 4.39 Å². The van der Waals surface area contributed by atoms with Gasteiger partial charge in [0.15, 0.2) is 0 Å². The van der Waals surface area contributed by atoms with E-state index in [4.69, 9.17) is 11.6 Å². The average Bonchev–Trinajstić information content (AvgIpc) is 2.76. The Hall–Kier alpha value is -1.95. The molecule has 1 saturated heterocycles. The van der Waals surface area contributed by atoms with Crippen LogP contribution in [-0.2, 0) is 17.9 Å². The largest absolute Gasteiger partial charge is 0.326 e. The molecule has 0 radical (unpaired) electrons. The lowest BCUT2D eigenvalue weighted by Gasteiger charge is -2.31. The van der Waals surface area contributed by atoms with Gasteiger partial charge in [-0.2, -0.15) is 0 Å². The zero-order chi connectivity index (χ0) is 21.5. The van der Waals surface area contributed by atoms with E-state index in [0.717, 1.165) is 51.3 Å². The van der Waals surface area contributed by atoms with Crippen molar-refractivity contribution in [3.63, 3.8) is 0 Å². The number of halogens is 2. The predicted molar refractivity (Wildman–Crippen MR) is 121 cm³/mol. The number of likely N-dealkylation sites (tertiary alicyclic amines) is 1. The number of anilines is 1. The van der Waals surface area contributed by atoms with Gasteiger partial charge in [0.1, 0.15) is 5.82 Å². The van der Waals surface area contributed by atoms with Crippen LogP contribution in [-0.4, -0.2) is 41.9 Å². The van der Waals surface area contributed by atoms with Crippen molar-refractivity contribution >= 4 is 23.2 Å². The van der Waals surface area contributed by atoms with Crippen LogP contribution in [0.3, 0.4) is 0 Å². The second-order valence-electron chi connectivity index (χ2n) is 7.90. The Morgan fingerprint density at radius 1 is 1.13 bits per heavy atom. The summed E-state index contributed by atoms with van der Waals surface area (Å²) in [4.78, 5) is 17.2. The van der Waals surface area contributed by atoms with Crippen LogP contribution in [0.25, 0.3) is 0 Å². The van der Waals surface area contributed by atoms with Crippen molar-refractivity contribution in [2.45, 2.75) is 39.8 Å². The highest BCUT2D eigenvalue weighted by Crippen LogP contribution is 2.25. The van der Waals surface area contributed by atoms with Gasteiger partial charge >= 0.3 is 0 Å². The zero-order valence-corrected chi connectivity index (χ0v) is 18.6. The van der Waals surface area contributed by atoms with Crippen LogP contribution in [0.15, 0.2) is 42.5 Å². The Morgan fingerprint density at radius 3 is 2.40 bits per heavy atom. The topological polar surface area (TPSA) is 35.6 Å². The maximum Gasteiger partial charge on any atom is 0.227 e. The summed E-state index contributed by atoms with van der Waals surface area (Å²) in [5, 5.41) is 3.51. The van der Waals surface area contributed by atoms with Crippen LogP contribution in [0, 0.1) is 11.7 Å². The molecule has 0 atom stereocenters. The summed E-state index contributed by atoms with van der Waals surface area (Å²) in [6, 6.07) is 12.9. The standard InChI is InChI=1S/C24H31ClFN3O/c1-3-28(4-2)16-18-8-10-20(11-9-18)27-24(30)19-12-14-29(15-13-19)17-21-22(25)6-5-7-23(21)26/h5-11,19H,3-4,12-17H2,1-2H3,(H,27,30). The van der Waals surface area contributed by atoms with Gasteiger partial charge in [-0.3, -0.25) is 14.6 Å². The van der Waals surface area contributed by atoms with Crippen molar-refractivity contribution in [1.29, 1.82) is 0 Å². The first-order valence-electron chi connectivity index (χ1n) is 10.8. The summed E-state index contributed by atoms with van der Waals surface area (Å²) in [7, 11) is 0. The molecule has 3 rings (SSSR count). The number of amides is 1. The quantitative estimate of drug-likeness (QED) is 0.626. The molecule has 0 aliphatic carbocycles. The van der Waals surface area contributed by atoms with Gasteiger partial charge in [0.2, 0.25) is 5.91 Å². The van der Waals surface area contributed by atoms with Gasteiger partial charge in [0.05, 0.1) is 0 Å². The van der Waals surface area contributed by atoms with Gasteiger partial charge in [-0.05, 0) is 68.8 Å². The minimum atomic E-state index is -0.271. The summed E-state index contributed by atoms with van der Waals surface area (Å²) >= 11 is 6.14. The third-order valence-electron chi connectivity index (χ3n) is 5.92. The fourth-order valence-corrected chi connectivity index (χ4v) is 4.13. The number of rotatable bonds is 8. The monoisotopic (exact) mass is 431 g/mol. The molecule has 162 valence electrons. The molecule has 2 aromatic carbocycles. The van der Waals surface area contributed by atoms with E-state index in [1.807, 2.05) is 12.1 Å². The molecular weight excluding hydrogens is 401 g/mol. The predicted octanol–water partition coefficient (Wildman–Crippen LogP) is 5.17. The maximum atomic E-state index is 14.0. The average molecular weight is 432 g/mol. The van der Waals surface area contributed by atoms with Gasteiger partial charge in [0, 0.05) is 35.3 Å². The van der Waals surface area contributed by atoms with Gasteiger partial charge in [-0.15, -0.1) is 0 Å². The molecule has 1 fully saturated rings. The molecular formula is C24H31ClFN3O. The number of hydrogen-bond acceptors (Lipinski definition) is 3. The first-order valence-corrected chi connectivity index (χ1v) is 11.1. The lowest BCUT2D eigenvalue weighted by atomic mass is 9.95. The van der Waals surface area contributed by atoms with E-state index in [1.165, 1.54) is 11.6 Å². The smallest absolute Gasteiger partial charge is 0.227 e. The number of benzene rings is 2. The SMILES string of the molecule is CCN(CC)Cc1ccc(NC(=O)C2CCN(Cc3c(F)cccc3Cl)CC2)cc1. The summed E-state index contributed by atoms with van der Waals surface area (Å²) in [5.41, 5.74) is 2.62. The number of nitrogens with zero attached hydrogens (tertiary/aromatic N) is 2. The van der Waals surface area contributed by atoms with E-state index in [9.17, 15) is 9.18 Å². The number of carbonyl (C=O) groups is 1.